The lowest BCUT2D eigenvalue weighted by Gasteiger charge is -2.14. The molecule has 0 amide bonds. The number of phenolic OH excluding ortho intramolecular Hbond substituents is 1. The molecule has 1 saturated heterocycles. The second-order valence-electron chi connectivity index (χ2n) is 6.40. The number of aromatic amines is 1. The van der Waals surface area contributed by atoms with Crippen LogP contribution in [0.2, 0.25) is 0 Å². The number of rotatable bonds is 4. The molecule has 4 nitrogen and oxygen atoms in total. The molecular formula is C20H21N3O. The highest BCUT2D eigenvalue weighted by molar-refractivity contribution is 5.69. The number of nitrogens with zero attached hydrogens (tertiary/aromatic N) is 2. The maximum atomic E-state index is 9.63. The molecule has 0 unspecified atom stereocenters. The summed E-state index contributed by atoms with van der Waals surface area (Å²) in [5.74, 6) is 0.260. The van der Waals surface area contributed by atoms with Crippen LogP contribution in [0.5, 0.6) is 5.75 Å². The Balaban J connectivity index is 1.58. The summed E-state index contributed by atoms with van der Waals surface area (Å²) < 4.78 is 0. The fourth-order valence-corrected chi connectivity index (χ4v) is 3.32. The van der Waals surface area contributed by atoms with Crippen LogP contribution in [-0.2, 0) is 6.54 Å². The monoisotopic (exact) mass is 319 g/mol. The molecule has 0 spiro atoms. The highest BCUT2D eigenvalue weighted by Crippen LogP contribution is 2.26. The van der Waals surface area contributed by atoms with E-state index in [-0.39, 0.29) is 5.75 Å². The van der Waals surface area contributed by atoms with E-state index in [0.717, 1.165) is 29.1 Å². The average Bonchev–Trinajstić information content (AvgIpc) is 3.27. The lowest BCUT2D eigenvalue weighted by Crippen LogP contribution is -2.18. The van der Waals surface area contributed by atoms with Gasteiger partial charge in [-0.2, -0.15) is 5.10 Å². The van der Waals surface area contributed by atoms with E-state index in [4.69, 9.17) is 0 Å². The summed E-state index contributed by atoms with van der Waals surface area (Å²) in [5, 5.41) is 17.1. The number of hydrogen-bond donors (Lipinski definition) is 2. The lowest BCUT2D eigenvalue weighted by molar-refractivity contribution is 0.331. The Labute approximate surface area is 141 Å². The molecule has 2 aromatic carbocycles. The van der Waals surface area contributed by atoms with E-state index < -0.39 is 0 Å². The van der Waals surface area contributed by atoms with E-state index in [9.17, 15) is 5.11 Å². The van der Waals surface area contributed by atoms with Crippen LogP contribution >= 0.6 is 0 Å². The Morgan fingerprint density at radius 2 is 1.75 bits per heavy atom. The third-order valence-electron chi connectivity index (χ3n) is 4.56. The van der Waals surface area contributed by atoms with E-state index in [2.05, 4.69) is 39.4 Å². The minimum absolute atomic E-state index is 0.260. The molecule has 1 aromatic heterocycles. The fourth-order valence-electron chi connectivity index (χ4n) is 3.32. The molecule has 4 heteroatoms. The summed E-state index contributed by atoms with van der Waals surface area (Å²) in [4.78, 5) is 2.50. The third kappa shape index (κ3) is 3.19. The van der Waals surface area contributed by atoms with Crippen LogP contribution in [-0.4, -0.2) is 33.3 Å². The molecule has 0 atom stereocenters. The van der Waals surface area contributed by atoms with Crippen molar-refractivity contribution in [3.8, 4) is 28.3 Å². The lowest BCUT2D eigenvalue weighted by atomic mass is 10.1. The molecule has 3 aromatic rings. The van der Waals surface area contributed by atoms with Crippen molar-refractivity contribution >= 4 is 0 Å². The van der Waals surface area contributed by atoms with Crippen molar-refractivity contribution < 1.29 is 5.11 Å². The summed E-state index contributed by atoms with van der Waals surface area (Å²) in [6, 6.07) is 17.8. The topological polar surface area (TPSA) is 52.1 Å². The van der Waals surface area contributed by atoms with Crippen LogP contribution in [0.25, 0.3) is 22.5 Å². The van der Waals surface area contributed by atoms with Crippen LogP contribution in [0.15, 0.2) is 54.6 Å². The molecule has 1 fully saturated rings. The number of phenols is 1. The first kappa shape index (κ1) is 15.0. The van der Waals surface area contributed by atoms with Crippen molar-refractivity contribution in [2.45, 2.75) is 19.4 Å². The Morgan fingerprint density at radius 1 is 0.958 bits per heavy atom. The zero-order valence-corrected chi connectivity index (χ0v) is 13.6. The van der Waals surface area contributed by atoms with E-state index in [1.165, 1.54) is 31.5 Å². The molecule has 0 saturated carbocycles. The molecule has 0 aliphatic carbocycles. The molecule has 1 aliphatic rings. The van der Waals surface area contributed by atoms with Gasteiger partial charge in [-0.05, 0) is 55.8 Å². The first-order valence-corrected chi connectivity index (χ1v) is 8.44. The SMILES string of the molecule is Oc1cccc(-c2cc(-c3cccc(CN4CCCC4)c3)n[nH]2)c1. The summed E-state index contributed by atoms with van der Waals surface area (Å²) in [5.41, 5.74) is 5.22. The van der Waals surface area contributed by atoms with Crippen molar-refractivity contribution in [3.05, 3.63) is 60.2 Å². The van der Waals surface area contributed by atoms with Gasteiger partial charge < -0.3 is 5.11 Å². The van der Waals surface area contributed by atoms with Gasteiger partial charge in [0.2, 0.25) is 0 Å². The Bertz CT molecular complexity index is 834. The molecule has 1 aliphatic heterocycles. The Morgan fingerprint density at radius 3 is 2.58 bits per heavy atom. The summed E-state index contributed by atoms with van der Waals surface area (Å²) in [6.45, 7) is 3.42. The van der Waals surface area contributed by atoms with Crippen molar-refractivity contribution in [2.24, 2.45) is 0 Å². The Hall–Kier alpha value is -2.59. The van der Waals surface area contributed by atoms with Crippen LogP contribution in [0, 0.1) is 0 Å². The zero-order chi connectivity index (χ0) is 16.4. The smallest absolute Gasteiger partial charge is 0.116 e. The number of H-pyrrole nitrogens is 1. The standard InChI is InChI=1S/C20H21N3O/c24-18-8-4-7-17(12-18)20-13-19(21-22-20)16-6-3-5-15(11-16)14-23-9-1-2-10-23/h3-8,11-13,24H,1-2,9-10,14H2,(H,21,22). The quantitative estimate of drug-likeness (QED) is 0.763. The number of hydrogen-bond acceptors (Lipinski definition) is 3. The van der Waals surface area contributed by atoms with E-state index in [1.54, 1.807) is 12.1 Å². The van der Waals surface area contributed by atoms with Crippen molar-refractivity contribution in [2.75, 3.05) is 13.1 Å². The number of nitrogens with one attached hydrogen (secondary N) is 1. The molecule has 2 heterocycles. The van der Waals surface area contributed by atoms with Crippen LogP contribution in [0.3, 0.4) is 0 Å². The van der Waals surface area contributed by atoms with Gasteiger partial charge in [-0.15, -0.1) is 0 Å². The molecule has 4 rings (SSSR count). The molecular weight excluding hydrogens is 298 g/mol. The summed E-state index contributed by atoms with van der Waals surface area (Å²) in [7, 11) is 0. The van der Waals surface area contributed by atoms with Gasteiger partial charge in [0, 0.05) is 17.7 Å². The number of likely N-dealkylation sites (tertiary alicyclic amines) is 1. The maximum absolute atomic E-state index is 9.63. The van der Waals surface area contributed by atoms with Crippen LogP contribution in [0.1, 0.15) is 18.4 Å². The van der Waals surface area contributed by atoms with Gasteiger partial charge in [0.15, 0.2) is 0 Å². The van der Waals surface area contributed by atoms with Gasteiger partial charge in [0.1, 0.15) is 5.75 Å². The molecule has 0 bridgehead atoms. The second kappa shape index (κ2) is 6.49. The highest BCUT2D eigenvalue weighted by atomic mass is 16.3. The Kier molecular flexibility index (Phi) is 4.05. The normalized spacial score (nSPS) is 15.0. The van der Waals surface area contributed by atoms with Crippen LogP contribution < -0.4 is 0 Å². The predicted molar refractivity (Wildman–Crippen MR) is 95.6 cm³/mol. The van der Waals surface area contributed by atoms with E-state index >= 15 is 0 Å². The van der Waals surface area contributed by atoms with Crippen molar-refractivity contribution in [1.29, 1.82) is 0 Å². The van der Waals surface area contributed by atoms with Gasteiger partial charge in [-0.3, -0.25) is 10.00 Å². The van der Waals surface area contributed by atoms with Gasteiger partial charge in [0.05, 0.1) is 11.4 Å². The first-order chi connectivity index (χ1) is 11.8. The van der Waals surface area contributed by atoms with Crippen molar-refractivity contribution in [3.63, 3.8) is 0 Å². The van der Waals surface area contributed by atoms with Gasteiger partial charge in [-0.1, -0.05) is 30.3 Å². The van der Waals surface area contributed by atoms with E-state index in [0.29, 0.717) is 0 Å². The molecule has 24 heavy (non-hydrogen) atoms. The van der Waals surface area contributed by atoms with Crippen molar-refractivity contribution in [1.82, 2.24) is 15.1 Å². The maximum Gasteiger partial charge on any atom is 0.116 e. The first-order valence-electron chi connectivity index (χ1n) is 8.44. The number of aromatic nitrogens is 2. The number of aromatic hydroxyl groups is 1. The molecule has 0 radical (unpaired) electrons. The molecule has 122 valence electrons. The van der Waals surface area contributed by atoms with Crippen LogP contribution in [0.4, 0.5) is 0 Å². The summed E-state index contributed by atoms with van der Waals surface area (Å²) in [6.07, 6.45) is 2.62. The number of benzene rings is 2. The molecule has 2 N–H and O–H groups in total. The van der Waals surface area contributed by atoms with Gasteiger partial charge in [-0.25, -0.2) is 0 Å². The minimum Gasteiger partial charge on any atom is -0.508 e. The average molecular weight is 319 g/mol. The fraction of sp³-hybridized carbons (Fsp3) is 0.250. The second-order valence-corrected chi connectivity index (χ2v) is 6.40. The summed E-state index contributed by atoms with van der Waals surface area (Å²) >= 11 is 0. The van der Waals surface area contributed by atoms with E-state index in [1.807, 2.05) is 18.2 Å². The highest BCUT2D eigenvalue weighted by Gasteiger charge is 2.12. The zero-order valence-electron chi connectivity index (χ0n) is 13.6. The predicted octanol–water partition coefficient (Wildman–Crippen LogP) is 4.05. The minimum atomic E-state index is 0.260. The van der Waals surface area contributed by atoms with Gasteiger partial charge in [0.25, 0.3) is 0 Å². The largest absolute Gasteiger partial charge is 0.508 e. The van der Waals surface area contributed by atoms with Gasteiger partial charge >= 0.3 is 0 Å². The third-order valence-corrected chi connectivity index (χ3v) is 4.56.